The fourth-order valence-corrected chi connectivity index (χ4v) is 11.9. The molecular formula is C30H44O5Si. The van der Waals surface area contributed by atoms with Gasteiger partial charge < -0.3 is 13.9 Å². The minimum atomic E-state index is -1.95. The van der Waals surface area contributed by atoms with Crippen molar-refractivity contribution < 1.29 is 23.5 Å². The van der Waals surface area contributed by atoms with E-state index in [0.717, 1.165) is 30.4 Å². The normalized spacial score (nSPS) is 19.7. The van der Waals surface area contributed by atoms with E-state index in [4.69, 9.17) is 13.9 Å². The lowest BCUT2D eigenvalue weighted by molar-refractivity contribution is -0.0406. The molecule has 2 atom stereocenters. The molecule has 198 valence electrons. The molecule has 0 unspecified atom stereocenters. The number of ether oxygens (including phenoxy) is 2. The zero-order valence-corrected chi connectivity index (χ0v) is 24.2. The van der Waals surface area contributed by atoms with Gasteiger partial charge in [-0.25, -0.2) is 0 Å². The number of rotatable bonds is 12. The van der Waals surface area contributed by atoms with Crippen LogP contribution in [0.2, 0.25) is 16.6 Å². The molecular weight excluding hydrogens is 468 g/mol. The highest BCUT2D eigenvalue weighted by molar-refractivity contribution is 6.77. The molecule has 36 heavy (non-hydrogen) atoms. The van der Waals surface area contributed by atoms with Crippen molar-refractivity contribution in [2.24, 2.45) is 0 Å². The van der Waals surface area contributed by atoms with Crippen LogP contribution in [0.5, 0.6) is 5.75 Å². The predicted octanol–water partition coefficient (Wildman–Crippen LogP) is 7.55. The van der Waals surface area contributed by atoms with E-state index in [1.807, 2.05) is 6.07 Å². The number of benzene rings is 1. The van der Waals surface area contributed by atoms with Gasteiger partial charge in [-0.2, -0.15) is 0 Å². The monoisotopic (exact) mass is 512 g/mol. The summed E-state index contributed by atoms with van der Waals surface area (Å²) in [6.07, 6.45) is 7.36. The minimum Gasteiger partial charge on any atom is -0.488 e. The number of carbonyl (C=O) groups excluding carboxylic acids is 2. The van der Waals surface area contributed by atoms with Crippen LogP contribution in [-0.2, 0) is 15.6 Å². The molecule has 0 saturated heterocycles. The lowest BCUT2D eigenvalue weighted by Gasteiger charge is -2.42. The van der Waals surface area contributed by atoms with Gasteiger partial charge in [0.05, 0.1) is 17.8 Å². The van der Waals surface area contributed by atoms with Gasteiger partial charge in [0, 0.05) is 17.7 Å². The largest absolute Gasteiger partial charge is 0.488 e. The average molecular weight is 513 g/mol. The smallest absolute Gasteiger partial charge is 0.200 e. The molecule has 0 saturated carbocycles. The van der Waals surface area contributed by atoms with E-state index < -0.39 is 8.32 Å². The molecule has 1 aliphatic heterocycles. The van der Waals surface area contributed by atoms with E-state index in [1.54, 1.807) is 6.08 Å². The predicted molar refractivity (Wildman–Crippen MR) is 148 cm³/mol. The summed E-state index contributed by atoms with van der Waals surface area (Å²) >= 11 is 0. The molecule has 0 N–H and O–H groups in total. The van der Waals surface area contributed by atoms with Crippen LogP contribution >= 0.6 is 0 Å². The molecule has 0 fully saturated rings. The second kappa shape index (κ2) is 12.0. The molecule has 2 aliphatic rings. The molecule has 1 aromatic carbocycles. The standard InChI is InChI=1S/C30H44O5Si/c1-9-11-27-28-22(18-24-25(31)12-13-26(32)29(24)30(28)33-15-10-2)17-23(35-27)14-16-34-36(19(3)4,20(5)6)21(7)8/h10,12-13,18-21,23,27H,2,9,11,14-17H2,1,3-8H3/t23-,27-/m1/s1. The summed E-state index contributed by atoms with van der Waals surface area (Å²) in [5.41, 5.74) is 4.35. The SMILES string of the molecule is C=CCOc1c2c(cc3c1[C@@H](CCC)O[C@H](CCO[Si](C(C)C)(C(C)C)C(C)C)C3)C(=O)C=CC2=O. The van der Waals surface area contributed by atoms with Gasteiger partial charge in [-0.15, -0.1) is 0 Å². The molecule has 3 rings (SSSR count). The highest BCUT2D eigenvalue weighted by atomic mass is 28.4. The van der Waals surface area contributed by atoms with Crippen molar-refractivity contribution in [2.45, 2.75) is 103 Å². The van der Waals surface area contributed by atoms with E-state index in [2.05, 4.69) is 55.0 Å². The Morgan fingerprint density at radius 3 is 2.28 bits per heavy atom. The molecule has 5 nitrogen and oxygen atoms in total. The molecule has 1 heterocycles. The quantitative estimate of drug-likeness (QED) is 0.214. The summed E-state index contributed by atoms with van der Waals surface area (Å²) in [6.45, 7) is 20.6. The number of allylic oxidation sites excluding steroid dienone is 2. The van der Waals surface area contributed by atoms with E-state index in [0.29, 0.717) is 46.5 Å². The van der Waals surface area contributed by atoms with Crippen molar-refractivity contribution in [1.29, 1.82) is 0 Å². The van der Waals surface area contributed by atoms with Crippen LogP contribution in [0.3, 0.4) is 0 Å². The molecule has 0 bridgehead atoms. The summed E-state index contributed by atoms with van der Waals surface area (Å²) in [4.78, 5) is 25.6. The lowest BCUT2D eigenvalue weighted by Crippen LogP contribution is -2.48. The number of hydrogen-bond donors (Lipinski definition) is 0. The fraction of sp³-hybridized carbons (Fsp3) is 0.600. The second-order valence-electron chi connectivity index (χ2n) is 11.1. The van der Waals surface area contributed by atoms with Crippen molar-refractivity contribution in [3.8, 4) is 5.75 Å². The molecule has 0 spiro atoms. The molecule has 1 aromatic rings. The lowest BCUT2D eigenvalue weighted by atomic mass is 9.83. The fourth-order valence-electron chi connectivity index (χ4n) is 6.41. The maximum absolute atomic E-state index is 12.8. The number of ketones is 2. The van der Waals surface area contributed by atoms with Gasteiger partial charge in [0.15, 0.2) is 19.9 Å². The van der Waals surface area contributed by atoms with Gasteiger partial charge in [-0.1, -0.05) is 67.5 Å². The first-order chi connectivity index (χ1) is 17.1. The first-order valence-electron chi connectivity index (χ1n) is 13.6. The number of hydrogen-bond acceptors (Lipinski definition) is 5. The third kappa shape index (κ3) is 5.46. The Hall–Kier alpha value is -2.02. The maximum Gasteiger partial charge on any atom is 0.200 e. The number of fused-ring (bicyclic) bond motifs is 2. The number of carbonyl (C=O) groups is 2. The van der Waals surface area contributed by atoms with Crippen LogP contribution < -0.4 is 4.74 Å². The van der Waals surface area contributed by atoms with Crippen molar-refractivity contribution in [1.82, 2.24) is 0 Å². The van der Waals surface area contributed by atoms with E-state index in [1.165, 1.54) is 12.2 Å². The van der Waals surface area contributed by atoms with E-state index in [-0.39, 0.29) is 30.4 Å². The molecule has 0 amide bonds. The van der Waals surface area contributed by atoms with Crippen LogP contribution in [0.25, 0.3) is 0 Å². The second-order valence-corrected chi connectivity index (χ2v) is 16.5. The van der Waals surface area contributed by atoms with E-state index >= 15 is 0 Å². The van der Waals surface area contributed by atoms with Crippen molar-refractivity contribution in [3.63, 3.8) is 0 Å². The minimum absolute atomic E-state index is 0.0116. The topological polar surface area (TPSA) is 61.8 Å². The van der Waals surface area contributed by atoms with Crippen molar-refractivity contribution in [3.05, 3.63) is 53.1 Å². The van der Waals surface area contributed by atoms with Gasteiger partial charge in [-0.3, -0.25) is 9.59 Å². The van der Waals surface area contributed by atoms with Gasteiger partial charge in [0.1, 0.15) is 12.4 Å². The van der Waals surface area contributed by atoms with Crippen LogP contribution in [0, 0.1) is 0 Å². The molecule has 1 aliphatic carbocycles. The third-order valence-electron chi connectivity index (χ3n) is 7.83. The molecule has 0 aromatic heterocycles. The van der Waals surface area contributed by atoms with Crippen LogP contribution in [0.4, 0.5) is 0 Å². The third-order valence-corrected chi connectivity index (χ3v) is 13.9. The zero-order chi connectivity index (χ0) is 26.6. The van der Waals surface area contributed by atoms with Gasteiger partial charge in [0.2, 0.25) is 0 Å². The van der Waals surface area contributed by atoms with Crippen molar-refractivity contribution in [2.75, 3.05) is 13.2 Å². The average Bonchev–Trinajstić information content (AvgIpc) is 2.81. The summed E-state index contributed by atoms with van der Waals surface area (Å²) in [6, 6.07) is 1.91. The highest BCUT2D eigenvalue weighted by Gasteiger charge is 2.45. The van der Waals surface area contributed by atoms with Crippen LogP contribution in [-0.4, -0.2) is 39.2 Å². The van der Waals surface area contributed by atoms with Crippen LogP contribution in [0.1, 0.15) is 106 Å². The summed E-state index contributed by atoms with van der Waals surface area (Å²) in [7, 11) is -1.95. The molecule has 0 radical (unpaired) electrons. The maximum atomic E-state index is 12.8. The first kappa shape index (κ1) is 28.5. The highest BCUT2D eigenvalue weighted by Crippen LogP contribution is 2.45. The van der Waals surface area contributed by atoms with Gasteiger partial charge in [0.25, 0.3) is 0 Å². The zero-order valence-electron chi connectivity index (χ0n) is 23.2. The summed E-state index contributed by atoms with van der Waals surface area (Å²) in [5, 5.41) is 0. The van der Waals surface area contributed by atoms with Gasteiger partial charge >= 0.3 is 0 Å². The van der Waals surface area contributed by atoms with Crippen LogP contribution in [0.15, 0.2) is 30.9 Å². The van der Waals surface area contributed by atoms with Gasteiger partial charge in [-0.05, 0) is 59.7 Å². The Balaban J connectivity index is 1.93. The first-order valence-corrected chi connectivity index (χ1v) is 15.7. The Morgan fingerprint density at radius 1 is 1.06 bits per heavy atom. The van der Waals surface area contributed by atoms with Crippen molar-refractivity contribution >= 4 is 19.9 Å². The molecule has 6 heteroatoms. The van der Waals surface area contributed by atoms with E-state index in [9.17, 15) is 9.59 Å². The Bertz CT molecular complexity index is 985. The summed E-state index contributed by atoms with van der Waals surface area (Å²) in [5.74, 6) is 0.134. The Labute approximate surface area is 218 Å². The summed E-state index contributed by atoms with van der Waals surface area (Å²) < 4.78 is 19.5. The Morgan fingerprint density at radius 2 is 1.69 bits per heavy atom. The Kier molecular flexibility index (Phi) is 9.53.